The molecule has 23 heavy (non-hydrogen) atoms. The highest BCUT2D eigenvalue weighted by atomic mass is 19.1. The van der Waals surface area contributed by atoms with Crippen LogP contribution in [0.1, 0.15) is 25.0 Å². The number of amides is 1. The molecule has 2 aromatic carbocycles. The van der Waals surface area contributed by atoms with Gasteiger partial charge in [0.15, 0.2) is 0 Å². The first kappa shape index (κ1) is 18.3. The zero-order chi connectivity index (χ0) is 17.7. The lowest BCUT2D eigenvalue weighted by Crippen LogP contribution is -2.25. The Morgan fingerprint density at radius 3 is 2.43 bits per heavy atom. The summed E-state index contributed by atoms with van der Waals surface area (Å²) in [5, 5.41) is 10.7. The topological polar surface area (TPSA) is 49.8 Å². The fourth-order valence-corrected chi connectivity index (χ4v) is 2.07. The van der Waals surface area contributed by atoms with E-state index >= 15 is 0 Å². The van der Waals surface area contributed by atoms with Crippen LogP contribution in [0.15, 0.2) is 18.2 Å². The van der Waals surface area contributed by atoms with E-state index in [2.05, 4.69) is 5.92 Å². The van der Waals surface area contributed by atoms with Crippen LogP contribution in [0, 0.1) is 25.1 Å². The van der Waals surface area contributed by atoms with Crippen molar-refractivity contribution in [2.75, 3.05) is 14.1 Å². The summed E-state index contributed by atoms with van der Waals surface area (Å²) in [6.45, 7) is 5.70. The molecule has 5 heteroatoms. The number of halogens is 1. The SMILES string of the molecule is C#Cc1c(F)cc(O)c2cc(OC(=O)N(C)C)cc(C)c12.CC. The first-order valence-corrected chi connectivity index (χ1v) is 7.16. The predicted molar refractivity (Wildman–Crippen MR) is 89.3 cm³/mol. The van der Waals surface area contributed by atoms with E-state index in [4.69, 9.17) is 11.2 Å². The lowest BCUT2D eigenvalue weighted by Gasteiger charge is -2.14. The molecular formula is C18H20FNO3. The van der Waals surface area contributed by atoms with E-state index in [1.165, 1.54) is 11.0 Å². The Hall–Kier alpha value is -2.74. The van der Waals surface area contributed by atoms with Gasteiger partial charge in [-0.25, -0.2) is 9.18 Å². The van der Waals surface area contributed by atoms with Gasteiger partial charge < -0.3 is 14.7 Å². The number of aryl methyl sites for hydroxylation is 1. The van der Waals surface area contributed by atoms with Gasteiger partial charge in [0.2, 0.25) is 0 Å². The fraction of sp³-hybridized carbons (Fsp3) is 0.278. The third-order valence-corrected chi connectivity index (χ3v) is 3.05. The molecule has 0 saturated carbocycles. The molecule has 0 fully saturated rings. The highest BCUT2D eigenvalue weighted by Gasteiger charge is 2.15. The molecule has 0 aliphatic rings. The van der Waals surface area contributed by atoms with Crippen molar-refractivity contribution in [3.05, 3.63) is 35.1 Å². The summed E-state index contributed by atoms with van der Waals surface area (Å²) in [5.74, 6) is 1.62. The van der Waals surface area contributed by atoms with E-state index in [1.54, 1.807) is 27.1 Å². The number of phenols is 1. The van der Waals surface area contributed by atoms with Gasteiger partial charge in [-0.3, -0.25) is 0 Å². The number of phenolic OH excluding ortho intramolecular Hbond substituents is 1. The molecule has 122 valence electrons. The van der Waals surface area contributed by atoms with E-state index in [0.717, 1.165) is 6.07 Å². The number of hydrogen-bond acceptors (Lipinski definition) is 3. The molecule has 4 nitrogen and oxygen atoms in total. The Morgan fingerprint density at radius 1 is 1.30 bits per heavy atom. The minimum Gasteiger partial charge on any atom is -0.507 e. The lowest BCUT2D eigenvalue weighted by molar-refractivity contribution is 0.172. The number of rotatable bonds is 1. The first-order chi connectivity index (χ1) is 10.8. The molecule has 1 amide bonds. The van der Waals surface area contributed by atoms with Gasteiger partial charge in [0.25, 0.3) is 0 Å². The molecule has 0 aliphatic carbocycles. The quantitative estimate of drug-likeness (QED) is 0.807. The van der Waals surface area contributed by atoms with Crippen LogP contribution in [-0.4, -0.2) is 30.2 Å². The van der Waals surface area contributed by atoms with Crippen molar-refractivity contribution in [3.63, 3.8) is 0 Å². The van der Waals surface area contributed by atoms with Crippen LogP contribution < -0.4 is 4.74 Å². The standard InChI is InChI=1S/C16H14FNO3.C2H6/c1-5-11-13(17)8-14(19)12-7-10(6-9(2)15(11)12)21-16(20)18(3)4;1-2/h1,6-8,19H,2-4H3;1-2H3. The second-order valence-corrected chi connectivity index (χ2v) is 4.82. The number of carbonyl (C=O) groups excluding carboxylic acids is 1. The Bertz CT molecular complexity index is 776. The van der Waals surface area contributed by atoms with Gasteiger partial charge in [0.1, 0.15) is 17.3 Å². The average Bonchev–Trinajstić information content (AvgIpc) is 2.50. The summed E-state index contributed by atoms with van der Waals surface area (Å²) in [6, 6.07) is 3.98. The molecule has 2 rings (SSSR count). The monoisotopic (exact) mass is 317 g/mol. The maximum absolute atomic E-state index is 13.8. The summed E-state index contributed by atoms with van der Waals surface area (Å²) in [6.07, 6.45) is 4.78. The maximum atomic E-state index is 13.8. The number of hydrogen-bond donors (Lipinski definition) is 1. The molecule has 0 radical (unpaired) electrons. The molecule has 0 aliphatic heterocycles. The second-order valence-electron chi connectivity index (χ2n) is 4.82. The highest BCUT2D eigenvalue weighted by Crippen LogP contribution is 2.35. The molecule has 0 spiro atoms. The number of terminal acetylenes is 1. The normalized spacial score (nSPS) is 9.61. The van der Waals surface area contributed by atoms with Crippen molar-refractivity contribution in [2.45, 2.75) is 20.8 Å². The largest absolute Gasteiger partial charge is 0.507 e. The van der Waals surface area contributed by atoms with E-state index in [1.807, 2.05) is 13.8 Å². The lowest BCUT2D eigenvalue weighted by atomic mass is 9.98. The summed E-state index contributed by atoms with van der Waals surface area (Å²) in [4.78, 5) is 12.8. The van der Waals surface area contributed by atoms with Crippen LogP contribution >= 0.6 is 0 Å². The molecule has 2 aromatic rings. The first-order valence-electron chi connectivity index (χ1n) is 7.16. The Kier molecular flexibility index (Phi) is 5.97. The highest BCUT2D eigenvalue weighted by molar-refractivity contribution is 5.96. The van der Waals surface area contributed by atoms with Crippen LogP contribution in [0.2, 0.25) is 0 Å². The van der Waals surface area contributed by atoms with Crippen molar-refractivity contribution in [3.8, 4) is 23.8 Å². The van der Waals surface area contributed by atoms with Crippen molar-refractivity contribution < 1.29 is 19.0 Å². The van der Waals surface area contributed by atoms with Crippen molar-refractivity contribution in [2.24, 2.45) is 0 Å². The minimum absolute atomic E-state index is 0.0748. The number of aromatic hydroxyl groups is 1. The number of ether oxygens (including phenoxy) is 1. The van der Waals surface area contributed by atoms with Gasteiger partial charge in [0, 0.05) is 30.9 Å². The molecule has 0 atom stereocenters. The third kappa shape index (κ3) is 3.72. The maximum Gasteiger partial charge on any atom is 0.414 e. The summed E-state index contributed by atoms with van der Waals surface area (Å²) < 4.78 is 18.9. The molecular weight excluding hydrogens is 297 g/mol. The Balaban J connectivity index is 0.00000127. The summed E-state index contributed by atoms with van der Waals surface area (Å²) in [5.41, 5.74) is 0.683. The number of benzene rings is 2. The molecule has 0 bridgehead atoms. The number of nitrogens with zero attached hydrogens (tertiary/aromatic N) is 1. The molecule has 0 saturated heterocycles. The zero-order valence-corrected chi connectivity index (χ0v) is 13.9. The van der Waals surface area contributed by atoms with Crippen molar-refractivity contribution in [1.82, 2.24) is 4.90 Å². The van der Waals surface area contributed by atoms with Gasteiger partial charge in [-0.1, -0.05) is 19.8 Å². The van der Waals surface area contributed by atoms with E-state index in [9.17, 15) is 14.3 Å². The molecule has 0 unspecified atom stereocenters. The Labute approximate surface area is 135 Å². The molecule has 0 heterocycles. The van der Waals surface area contributed by atoms with Gasteiger partial charge in [0.05, 0.1) is 5.56 Å². The van der Waals surface area contributed by atoms with E-state index in [-0.39, 0.29) is 17.1 Å². The van der Waals surface area contributed by atoms with Crippen LogP contribution in [-0.2, 0) is 0 Å². The van der Waals surface area contributed by atoms with E-state index in [0.29, 0.717) is 16.3 Å². The van der Waals surface area contributed by atoms with Crippen LogP contribution in [0.3, 0.4) is 0 Å². The smallest absolute Gasteiger partial charge is 0.414 e. The van der Waals surface area contributed by atoms with Crippen molar-refractivity contribution in [1.29, 1.82) is 0 Å². The van der Waals surface area contributed by atoms with E-state index < -0.39 is 11.9 Å². The fourth-order valence-electron chi connectivity index (χ4n) is 2.07. The van der Waals surface area contributed by atoms with Gasteiger partial charge >= 0.3 is 6.09 Å². The average molecular weight is 317 g/mol. The van der Waals surface area contributed by atoms with Gasteiger partial charge in [-0.2, -0.15) is 0 Å². The van der Waals surface area contributed by atoms with Crippen LogP contribution in [0.4, 0.5) is 9.18 Å². The zero-order valence-electron chi connectivity index (χ0n) is 13.9. The minimum atomic E-state index is -0.663. The van der Waals surface area contributed by atoms with Gasteiger partial charge in [-0.05, 0) is 24.6 Å². The predicted octanol–water partition coefficient (Wildman–Crippen LogP) is 4.06. The van der Waals surface area contributed by atoms with Crippen LogP contribution in [0.25, 0.3) is 10.8 Å². The second kappa shape index (κ2) is 7.50. The van der Waals surface area contributed by atoms with Crippen LogP contribution in [0.5, 0.6) is 11.5 Å². The summed E-state index contributed by atoms with van der Waals surface area (Å²) in [7, 11) is 3.11. The van der Waals surface area contributed by atoms with Crippen molar-refractivity contribution >= 4 is 16.9 Å². The number of carbonyl (C=O) groups is 1. The third-order valence-electron chi connectivity index (χ3n) is 3.05. The molecule has 1 N–H and O–H groups in total. The summed E-state index contributed by atoms with van der Waals surface area (Å²) >= 11 is 0. The van der Waals surface area contributed by atoms with Gasteiger partial charge in [-0.15, -0.1) is 6.42 Å². The molecule has 0 aromatic heterocycles. The number of fused-ring (bicyclic) bond motifs is 1. The Morgan fingerprint density at radius 2 is 1.91 bits per heavy atom.